The molecule has 1 saturated heterocycles. The second-order valence-corrected chi connectivity index (χ2v) is 4.78. The number of nitrogens with one attached hydrogen (secondary N) is 2. The Bertz CT molecular complexity index is 490. The highest BCUT2D eigenvalue weighted by molar-refractivity contribution is 6.33. The van der Waals surface area contributed by atoms with Gasteiger partial charge in [-0.1, -0.05) is 11.6 Å². The Balaban J connectivity index is 1.99. The molecule has 1 fully saturated rings. The topological polar surface area (TPSA) is 41.1 Å². The summed E-state index contributed by atoms with van der Waals surface area (Å²) in [7, 11) is 0. The largest absolute Gasteiger partial charge is 0.416 e. The SMILES string of the molecule is O=C1CCC(CNc2ccc(C(F)(F)F)cc2Cl)N1. The number of carbonyl (C=O) groups excluding carboxylic acids is 1. The van der Waals surface area contributed by atoms with Crippen molar-refractivity contribution >= 4 is 23.2 Å². The quantitative estimate of drug-likeness (QED) is 0.899. The first-order valence-corrected chi connectivity index (χ1v) is 6.14. The van der Waals surface area contributed by atoms with E-state index in [1.807, 2.05) is 0 Å². The molecule has 1 aliphatic rings. The molecule has 1 aromatic rings. The average Bonchev–Trinajstić information content (AvgIpc) is 2.72. The molecule has 1 amide bonds. The van der Waals surface area contributed by atoms with Crippen LogP contribution in [0, 0.1) is 0 Å². The molecule has 19 heavy (non-hydrogen) atoms. The molecule has 2 N–H and O–H groups in total. The van der Waals surface area contributed by atoms with Crippen LogP contribution in [-0.4, -0.2) is 18.5 Å². The standard InChI is InChI=1S/C12H12ClF3N2O/c13-9-5-7(12(14,15)16)1-3-10(9)17-6-8-2-4-11(19)18-8/h1,3,5,8,17H,2,4,6H2,(H,18,19). The number of carbonyl (C=O) groups is 1. The van der Waals surface area contributed by atoms with Crippen LogP contribution in [0.2, 0.25) is 5.02 Å². The molecule has 0 bridgehead atoms. The first-order chi connectivity index (χ1) is 8.86. The third kappa shape index (κ3) is 3.53. The van der Waals surface area contributed by atoms with Crippen LogP contribution in [0.4, 0.5) is 18.9 Å². The predicted octanol–water partition coefficient (Wildman–Crippen LogP) is 3.05. The van der Waals surface area contributed by atoms with Gasteiger partial charge in [0.25, 0.3) is 0 Å². The van der Waals surface area contributed by atoms with Crippen molar-refractivity contribution in [2.45, 2.75) is 25.1 Å². The van der Waals surface area contributed by atoms with Gasteiger partial charge in [-0.25, -0.2) is 0 Å². The van der Waals surface area contributed by atoms with Crippen LogP contribution in [0.3, 0.4) is 0 Å². The molecule has 0 radical (unpaired) electrons. The molecule has 1 aromatic carbocycles. The highest BCUT2D eigenvalue weighted by Gasteiger charge is 2.31. The van der Waals surface area contributed by atoms with Gasteiger partial charge in [-0.2, -0.15) is 13.2 Å². The fourth-order valence-electron chi connectivity index (χ4n) is 1.90. The molecule has 0 saturated carbocycles. The van der Waals surface area contributed by atoms with E-state index in [0.717, 1.165) is 12.1 Å². The van der Waals surface area contributed by atoms with Crippen LogP contribution >= 0.6 is 11.6 Å². The van der Waals surface area contributed by atoms with Gasteiger partial charge in [-0.3, -0.25) is 4.79 Å². The number of hydrogen-bond acceptors (Lipinski definition) is 2. The highest BCUT2D eigenvalue weighted by Crippen LogP contribution is 2.33. The third-order valence-electron chi connectivity index (χ3n) is 2.92. The lowest BCUT2D eigenvalue weighted by Gasteiger charge is -2.15. The van der Waals surface area contributed by atoms with E-state index in [0.29, 0.717) is 25.1 Å². The maximum absolute atomic E-state index is 12.4. The Morgan fingerprint density at radius 3 is 2.68 bits per heavy atom. The van der Waals surface area contributed by atoms with Crippen molar-refractivity contribution in [2.24, 2.45) is 0 Å². The summed E-state index contributed by atoms with van der Waals surface area (Å²) < 4.78 is 37.3. The van der Waals surface area contributed by atoms with Gasteiger partial charge in [-0.15, -0.1) is 0 Å². The first-order valence-electron chi connectivity index (χ1n) is 5.76. The number of alkyl halides is 3. The van der Waals surface area contributed by atoms with Crippen molar-refractivity contribution in [1.82, 2.24) is 5.32 Å². The van der Waals surface area contributed by atoms with Crippen LogP contribution in [0.5, 0.6) is 0 Å². The van der Waals surface area contributed by atoms with Crippen molar-refractivity contribution in [3.05, 3.63) is 28.8 Å². The molecule has 7 heteroatoms. The van der Waals surface area contributed by atoms with Gasteiger partial charge >= 0.3 is 6.18 Å². The maximum Gasteiger partial charge on any atom is 0.416 e. The minimum absolute atomic E-state index is 0.00846. The van der Waals surface area contributed by atoms with E-state index >= 15 is 0 Å². The Kier molecular flexibility index (Phi) is 3.89. The minimum atomic E-state index is -4.40. The van der Waals surface area contributed by atoms with E-state index in [9.17, 15) is 18.0 Å². The van der Waals surface area contributed by atoms with E-state index in [2.05, 4.69) is 10.6 Å². The summed E-state index contributed by atoms with van der Waals surface area (Å²) in [6.45, 7) is 0.441. The average molecular weight is 293 g/mol. The van der Waals surface area contributed by atoms with Gasteiger partial charge in [0.1, 0.15) is 0 Å². The van der Waals surface area contributed by atoms with Crippen LogP contribution < -0.4 is 10.6 Å². The molecule has 0 aromatic heterocycles. The Hall–Kier alpha value is -1.43. The lowest BCUT2D eigenvalue weighted by molar-refractivity contribution is -0.137. The number of benzene rings is 1. The van der Waals surface area contributed by atoms with Crippen molar-refractivity contribution in [2.75, 3.05) is 11.9 Å². The summed E-state index contributed by atoms with van der Waals surface area (Å²) in [6.07, 6.45) is -3.21. The molecule has 1 aliphatic heterocycles. The fraction of sp³-hybridized carbons (Fsp3) is 0.417. The van der Waals surface area contributed by atoms with Gasteiger partial charge in [0.2, 0.25) is 5.91 Å². The van der Waals surface area contributed by atoms with Gasteiger partial charge < -0.3 is 10.6 Å². The number of rotatable bonds is 3. The second-order valence-electron chi connectivity index (χ2n) is 4.38. The number of anilines is 1. The van der Waals surface area contributed by atoms with Crippen LogP contribution in [-0.2, 0) is 11.0 Å². The summed E-state index contributed by atoms with van der Waals surface area (Å²) >= 11 is 5.80. The Morgan fingerprint density at radius 1 is 1.42 bits per heavy atom. The molecule has 1 unspecified atom stereocenters. The normalized spacial score (nSPS) is 19.4. The van der Waals surface area contributed by atoms with Crippen molar-refractivity contribution in [1.29, 1.82) is 0 Å². The molecule has 1 heterocycles. The van der Waals surface area contributed by atoms with E-state index < -0.39 is 11.7 Å². The van der Waals surface area contributed by atoms with Crippen LogP contribution in [0.15, 0.2) is 18.2 Å². The van der Waals surface area contributed by atoms with Crippen LogP contribution in [0.25, 0.3) is 0 Å². The molecule has 0 aliphatic carbocycles. The zero-order valence-corrected chi connectivity index (χ0v) is 10.6. The van der Waals surface area contributed by atoms with Crippen molar-refractivity contribution < 1.29 is 18.0 Å². The number of hydrogen-bond donors (Lipinski definition) is 2. The maximum atomic E-state index is 12.4. The van der Waals surface area contributed by atoms with Gasteiger partial charge in [-0.05, 0) is 24.6 Å². The smallest absolute Gasteiger partial charge is 0.382 e. The van der Waals surface area contributed by atoms with Crippen LogP contribution in [0.1, 0.15) is 18.4 Å². The molecule has 2 rings (SSSR count). The lowest BCUT2D eigenvalue weighted by Crippen LogP contribution is -2.31. The Labute approximate surface area is 113 Å². The summed E-state index contributed by atoms with van der Waals surface area (Å²) in [5.74, 6) is -0.00897. The first kappa shape index (κ1) is 14.0. The van der Waals surface area contributed by atoms with E-state index in [4.69, 9.17) is 11.6 Å². The number of halogens is 4. The zero-order chi connectivity index (χ0) is 14.0. The summed E-state index contributed by atoms with van der Waals surface area (Å²) in [4.78, 5) is 11.0. The van der Waals surface area contributed by atoms with E-state index in [1.54, 1.807) is 0 Å². The summed E-state index contributed by atoms with van der Waals surface area (Å²) in [5.41, 5.74) is -0.354. The lowest BCUT2D eigenvalue weighted by atomic mass is 10.2. The van der Waals surface area contributed by atoms with E-state index in [-0.39, 0.29) is 17.0 Å². The van der Waals surface area contributed by atoms with Gasteiger partial charge in [0, 0.05) is 19.0 Å². The monoisotopic (exact) mass is 292 g/mol. The third-order valence-corrected chi connectivity index (χ3v) is 3.23. The molecular formula is C12H12ClF3N2O. The number of amides is 1. The Morgan fingerprint density at radius 2 is 2.16 bits per heavy atom. The minimum Gasteiger partial charge on any atom is -0.382 e. The fourth-order valence-corrected chi connectivity index (χ4v) is 2.15. The van der Waals surface area contributed by atoms with E-state index in [1.165, 1.54) is 6.07 Å². The second kappa shape index (κ2) is 5.28. The zero-order valence-electron chi connectivity index (χ0n) is 9.85. The van der Waals surface area contributed by atoms with Crippen molar-refractivity contribution in [3.8, 4) is 0 Å². The van der Waals surface area contributed by atoms with Crippen molar-refractivity contribution in [3.63, 3.8) is 0 Å². The summed E-state index contributed by atoms with van der Waals surface area (Å²) in [6, 6.07) is 3.14. The molecular weight excluding hydrogens is 281 g/mol. The van der Waals surface area contributed by atoms with Gasteiger partial charge in [0.15, 0.2) is 0 Å². The van der Waals surface area contributed by atoms with Gasteiger partial charge in [0.05, 0.1) is 16.3 Å². The summed E-state index contributed by atoms with van der Waals surface area (Å²) in [5, 5.41) is 5.71. The molecule has 0 spiro atoms. The predicted molar refractivity (Wildman–Crippen MR) is 66.1 cm³/mol. The molecule has 3 nitrogen and oxygen atoms in total. The molecule has 104 valence electrons. The molecule has 1 atom stereocenters. The highest BCUT2D eigenvalue weighted by atomic mass is 35.5.